The lowest BCUT2D eigenvalue weighted by Gasteiger charge is -2.21. The molecule has 0 aromatic carbocycles. The Hall–Kier alpha value is -1.70. The molecule has 0 aliphatic carbocycles. The minimum atomic E-state index is -2.97. The number of amides is 1. The molecule has 134 valence electrons. The zero-order valence-corrected chi connectivity index (χ0v) is 15.4. The summed E-state index contributed by atoms with van der Waals surface area (Å²) in [6.45, 7) is 7.26. The van der Waals surface area contributed by atoms with Crippen molar-refractivity contribution in [3.63, 3.8) is 0 Å². The molecule has 1 fully saturated rings. The third kappa shape index (κ3) is 4.90. The van der Waals surface area contributed by atoms with Gasteiger partial charge in [-0.05, 0) is 32.3 Å². The quantitative estimate of drug-likeness (QED) is 0.800. The average Bonchev–Trinajstić information content (AvgIpc) is 2.84. The Kier molecular flexibility index (Phi) is 6.15. The topological polar surface area (TPSA) is 92.3 Å². The fourth-order valence-electron chi connectivity index (χ4n) is 2.85. The molecule has 1 N–H and O–H groups in total. The molecule has 1 aliphatic rings. The molecule has 1 aliphatic heterocycles. The van der Waals surface area contributed by atoms with E-state index in [9.17, 15) is 13.2 Å². The van der Waals surface area contributed by atoms with Crippen molar-refractivity contribution in [2.45, 2.75) is 46.1 Å². The lowest BCUT2D eigenvalue weighted by molar-refractivity contribution is 0.0749. The molecule has 24 heavy (non-hydrogen) atoms. The first-order valence-corrected chi connectivity index (χ1v) is 10.3. The number of hydrogen-bond acceptors (Lipinski definition) is 6. The van der Waals surface area contributed by atoms with Crippen molar-refractivity contribution in [3.05, 3.63) is 17.5 Å². The van der Waals surface area contributed by atoms with E-state index in [0.29, 0.717) is 36.8 Å². The van der Waals surface area contributed by atoms with Gasteiger partial charge in [-0.1, -0.05) is 13.8 Å². The Balaban J connectivity index is 2.17. The minimum absolute atomic E-state index is 0.0887. The average molecular weight is 354 g/mol. The zero-order valence-electron chi connectivity index (χ0n) is 14.6. The van der Waals surface area contributed by atoms with Crippen LogP contribution in [0.2, 0.25) is 0 Å². The smallest absolute Gasteiger partial charge is 0.272 e. The molecule has 1 unspecified atom stereocenters. The molecular formula is C16H26N4O3S. The lowest BCUT2D eigenvalue weighted by Crippen LogP contribution is -2.33. The maximum atomic E-state index is 12.7. The number of aryl methyl sites for hydroxylation is 1. The summed E-state index contributed by atoms with van der Waals surface area (Å²) < 4.78 is 23.1. The van der Waals surface area contributed by atoms with Crippen LogP contribution in [0.4, 0.5) is 5.95 Å². The second-order valence-electron chi connectivity index (χ2n) is 6.25. The zero-order chi connectivity index (χ0) is 17.7. The maximum Gasteiger partial charge on any atom is 0.272 e. The molecule has 2 heterocycles. The summed E-state index contributed by atoms with van der Waals surface area (Å²) in [6, 6.07) is 1.49. The third-order valence-electron chi connectivity index (χ3n) is 3.91. The van der Waals surface area contributed by atoms with Crippen LogP contribution in [0.15, 0.2) is 6.07 Å². The van der Waals surface area contributed by atoms with Crippen LogP contribution in [0.25, 0.3) is 0 Å². The van der Waals surface area contributed by atoms with E-state index in [2.05, 4.69) is 15.3 Å². The van der Waals surface area contributed by atoms with E-state index in [1.807, 2.05) is 13.8 Å². The van der Waals surface area contributed by atoms with Crippen LogP contribution in [-0.4, -0.2) is 59.8 Å². The van der Waals surface area contributed by atoms with Gasteiger partial charge in [0, 0.05) is 24.8 Å². The van der Waals surface area contributed by atoms with Crippen molar-refractivity contribution < 1.29 is 13.2 Å². The van der Waals surface area contributed by atoms with Crippen LogP contribution < -0.4 is 5.32 Å². The van der Waals surface area contributed by atoms with Gasteiger partial charge in [0.25, 0.3) is 5.91 Å². The fraction of sp³-hybridized carbons (Fsp3) is 0.688. The number of nitrogens with one attached hydrogen (secondary N) is 1. The molecule has 1 amide bonds. The number of anilines is 1. The van der Waals surface area contributed by atoms with Crippen molar-refractivity contribution in [1.29, 1.82) is 0 Å². The van der Waals surface area contributed by atoms with Gasteiger partial charge in [0.1, 0.15) is 5.69 Å². The Labute approximate surface area is 143 Å². The van der Waals surface area contributed by atoms with Crippen molar-refractivity contribution >= 4 is 21.7 Å². The monoisotopic (exact) mass is 354 g/mol. The highest BCUT2D eigenvalue weighted by Gasteiger charge is 2.28. The van der Waals surface area contributed by atoms with E-state index in [1.54, 1.807) is 17.9 Å². The lowest BCUT2D eigenvalue weighted by atomic mass is 10.2. The molecule has 1 aromatic rings. The first kappa shape index (κ1) is 18.6. The number of sulfone groups is 1. The molecule has 1 saturated heterocycles. The number of hydrogen-bond donors (Lipinski definition) is 1. The van der Waals surface area contributed by atoms with E-state index in [1.165, 1.54) is 0 Å². The first-order chi connectivity index (χ1) is 11.3. The molecule has 1 atom stereocenters. The summed E-state index contributed by atoms with van der Waals surface area (Å²) in [5.41, 5.74) is 1.04. The molecule has 7 nitrogen and oxygen atoms in total. The highest BCUT2D eigenvalue weighted by atomic mass is 32.2. The van der Waals surface area contributed by atoms with Crippen molar-refractivity contribution in [3.8, 4) is 0 Å². The summed E-state index contributed by atoms with van der Waals surface area (Å²) >= 11 is 0. The Morgan fingerprint density at radius 1 is 1.29 bits per heavy atom. The summed E-state index contributed by atoms with van der Waals surface area (Å²) in [5.74, 6) is 0.494. The van der Waals surface area contributed by atoms with Crippen LogP contribution >= 0.6 is 0 Å². The normalized spacial score (nSPS) is 19.2. The van der Waals surface area contributed by atoms with Gasteiger partial charge in [0.2, 0.25) is 5.95 Å². The summed E-state index contributed by atoms with van der Waals surface area (Å²) in [4.78, 5) is 23.1. The second kappa shape index (κ2) is 7.92. The third-order valence-corrected chi connectivity index (χ3v) is 5.68. The van der Waals surface area contributed by atoms with Crippen molar-refractivity contribution in [1.82, 2.24) is 14.9 Å². The molecule has 1 aromatic heterocycles. The van der Waals surface area contributed by atoms with Gasteiger partial charge in [0.05, 0.1) is 11.5 Å². The van der Waals surface area contributed by atoms with Crippen LogP contribution in [0.1, 0.15) is 49.3 Å². The van der Waals surface area contributed by atoms with Crippen molar-refractivity contribution in [2.24, 2.45) is 0 Å². The number of aromatic nitrogens is 2. The van der Waals surface area contributed by atoms with Crippen LogP contribution in [0, 0.1) is 6.92 Å². The van der Waals surface area contributed by atoms with E-state index < -0.39 is 9.84 Å². The van der Waals surface area contributed by atoms with E-state index in [4.69, 9.17) is 0 Å². The van der Waals surface area contributed by atoms with Gasteiger partial charge >= 0.3 is 0 Å². The standard InChI is InChI=1S/C16H26N4O3S/c1-4-7-20(8-5-2)15(21)14-10-12(3)17-16(19-14)18-13-6-9-24(22,23)11-13/h10,13H,4-9,11H2,1-3H3,(H,17,18,19). The van der Waals surface area contributed by atoms with Crippen LogP contribution in [0.3, 0.4) is 0 Å². The molecule has 0 bridgehead atoms. The molecular weight excluding hydrogens is 328 g/mol. The maximum absolute atomic E-state index is 12.7. The van der Waals surface area contributed by atoms with E-state index in [-0.39, 0.29) is 23.5 Å². The molecule has 0 radical (unpaired) electrons. The Morgan fingerprint density at radius 3 is 2.50 bits per heavy atom. The first-order valence-electron chi connectivity index (χ1n) is 8.46. The molecule has 2 rings (SSSR count). The summed E-state index contributed by atoms with van der Waals surface area (Å²) in [6.07, 6.45) is 2.32. The van der Waals surface area contributed by atoms with Crippen LogP contribution in [0.5, 0.6) is 0 Å². The Morgan fingerprint density at radius 2 is 1.96 bits per heavy atom. The highest BCUT2D eigenvalue weighted by molar-refractivity contribution is 7.91. The number of rotatable bonds is 7. The van der Waals surface area contributed by atoms with E-state index >= 15 is 0 Å². The van der Waals surface area contributed by atoms with Gasteiger partial charge in [-0.25, -0.2) is 18.4 Å². The van der Waals surface area contributed by atoms with Gasteiger partial charge < -0.3 is 10.2 Å². The Bertz CT molecular complexity index is 685. The van der Waals surface area contributed by atoms with Crippen molar-refractivity contribution in [2.75, 3.05) is 29.9 Å². The summed E-state index contributed by atoms with van der Waals surface area (Å²) in [5, 5.41) is 3.06. The second-order valence-corrected chi connectivity index (χ2v) is 8.48. The van der Waals surface area contributed by atoms with E-state index in [0.717, 1.165) is 12.8 Å². The van der Waals surface area contributed by atoms with Gasteiger partial charge in [-0.3, -0.25) is 4.79 Å². The SMILES string of the molecule is CCCN(CCC)C(=O)c1cc(C)nc(NC2CCS(=O)(=O)C2)n1. The predicted molar refractivity (Wildman–Crippen MR) is 93.9 cm³/mol. The largest absolute Gasteiger partial charge is 0.350 e. The van der Waals surface area contributed by atoms with Crippen LogP contribution in [-0.2, 0) is 9.84 Å². The number of nitrogens with zero attached hydrogens (tertiary/aromatic N) is 3. The summed E-state index contributed by atoms with van der Waals surface area (Å²) in [7, 11) is -2.97. The number of carbonyl (C=O) groups is 1. The van der Waals surface area contributed by atoms with Gasteiger partial charge in [-0.2, -0.15) is 0 Å². The predicted octanol–water partition coefficient (Wildman–Crippen LogP) is 1.65. The highest BCUT2D eigenvalue weighted by Crippen LogP contribution is 2.16. The minimum Gasteiger partial charge on any atom is -0.350 e. The van der Waals surface area contributed by atoms with Gasteiger partial charge in [-0.15, -0.1) is 0 Å². The molecule has 0 saturated carbocycles. The van der Waals surface area contributed by atoms with Gasteiger partial charge in [0.15, 0.2) is 9.84 Å². The molecule has 0 spiro atoms. The number of carbonyl (C=O) groups excluding carboxylic acids is 1. The molecule has 8 heteroatoms. The fourth-order valence-corrected chi connectivity index (χ4v) is 4.52.